The summed E-state index contributed by atoms with van der Waals surface area (Å²) in [7, 11) is 0. The number of fused-ring (bicyclic) bond motifs is 2. The number of hydrogen-bond donors (Lipinski definition) is 2. The van der Waals surface area contributed by atoms with E-state index in [9.17, 15) is 9.59 Å². The molecular formula is C25H33N3O5. The Hall–Kier alpha value is -3.29. The molecule has 8 nitrogen and oxygen atoms in total. The molecule has 1 spiro atoms. The SMILES string of the molecule is C=N/C(=C\C=C(/C)Oc1cccc2c1C1(CC1)CO2)NC(=O)[C@@H](CC)NC(=O)OC(C)(C)C. The van der Waals surface area contributed by atoms with Crippen LogP contribution in [-0.2, 0) is 14.9 Å². The first-order chi connectivity index (χ1) is 15.6. The highest BCUT2D eigenvalue weighted by Gasteiger charge is 2.52. The second-order valence-corrected chi connectivity index (χ2v) is 9.38. The lowest BCUT2D eigenvalue weighted by molar-refractivity contribution is -0.122. The van der Waals surface area contributed by atoms with Crippen molar-refractivity contribution in [2.24, 2.45) is 4.99 Å². The molecular weight excluding hydrogens is 422 g/mol. The van der Waals surface area contributed by atoms with Crippen molar-refractivity contribution in [2.75, 3.05) is 6.61 Å². The molecule has 2 amide bonds. The predicted molar refractivity (Wildman–Crippen MR) is 126 cm³/mol. The van der Waals surface area contributed by atoms with Gasteiger partial charge in [-0.2, -0.15) is 0 Å². The molecule has 0 radical (unpaired) electrons. The van der Waals surface area contributed by atoms with Gasteiger partial charge in [0.25, 0.3) is 0 Å². The van der Waals surface area contributed by atoms with Crippen molar-refractivity contribution >= 4 is 18.7 Å². The minimum absolute atomic E-state index is 0.0974. The van der Waals surface area contributed by atoms with E-state index < -0.39 is 23.6 Å². The number of allylic oxidation sites excluding steroid dienone is 3. The summed E-state index contributed by atoms with van der Waals surface area (Å²) in [6.45, 7) is 13.1. The van der Waals surface area contributed by atoms with Crippen LogP contribution in [0.4, 0.5) is 4.79 Å². The van der Waals surface area contributed by atoms with Crippen molar-refractivity contribution in [1.82, 2.24) is 10.6 Å². The summed E-state index contributed by atoms with van der Waals surface area (Å²) in [4.78, 5) is 28.5. The number of nitrogens with one attached hydrogen (secondary N) is 2. The Balaban J connectivity index is 1.63. The van der Waals surface area contributed by atoms with Gasteiger partial charge in [-0.05, 0) is 78.0 Å². The molecule has 0 aromatic heterocycles. The van der Waals surface area contributed by atoms with Crippen LogP contribution in [0.5, 0.6) is 11.5 Å². The maximum absolute atomic E-state index is 12.6. The molecule has 3 rings (SSSR count). The first-order valence-electron chi connectivity index (χ1n) is 11.2. The largest absolute Gasteiger partial charge is 0.492 e. The van der Waals surface area contributed by atoms with Crippen LogP contribution in [0.2, 0.25) is 0 Å². The summed E-state index contributed by atoms with van der Waals surface area (Å²) >= 11 is 0. The number of carbonyl (C=O) groups is 2. The van der Waals surface area contributed by atoms with Gasteiger partial charge >= 0.3 is 6.09 Å². The van der Waals surface area contributed by atoms with Gasteiger partial charge in [0.2, 0.25) is 5.91 Å². The number of amides is 2. The van der Waals surface area contributed by atoms with E-state index in [1.54, 1.807) is 39.8 Å². The lowest BCUT2D eigenvalue weighted by Gasteiger charge is -2.22. The van der Waals surface area contributed by atoms with Crippen molar-refractivity contribution in [3.63, 3.8) is 0 Å². The van der Waals surface area contributed by atoms with Gasteiger partial charge in [-0.1, -0.05) is 13.0 Å². The van der Waals surface area contributed by atoms with Crippen molar-refractivity contribution in [3.8, 4) is 11.5 Å². The van der Waals surface area contributed by atoms with Crippen LogP contribution in [-0.4, -0.2) is 37.0 Å². The van der Waals surface area contributed by atoms with E-state index in [0.717, 1.165) is 29.9 Å². The number of alkyl carbamates (subject to hydrolysis) is 1. The predicted octanol–water partition coefficient (Wildman–Crippen LogP) is 4.35. The number of ether oxygens (including phenoxy) is 3. The van der Waals surface area contributed by atoms with Gasteiger partial charge in [0, 0.05) is 11.0 Å². The normalized spacial score (nSPS) is 17.5. The molecule has 1 heterocycles. The Morgan fingerprint density at radius 2 is 2.03 bits per heavy atom. The van der Waals surface area contributed by atoms with Crippen molar-refractivity contribution in [3.05, 3.63) is 47.5 Å². The van der Waals surface area contributed by atoms with Crippen LogP contribution < -0.4 is 20.1 Å². The highest BCUT2D eigenvalue weighted by molar-refractivity contribution is 5.86. The Morgan fingerprint density at radius 3 is 2.64 bits per heavy atom. The first kappa shape index (κ1) is 24.4. The van der Waals surface area contributed by atoms with E-state index in [0.29, 0.717) is 18.8 Å². The van der Waals surface area contributed by atoms with Gasteiger partial charge in [-0.15, -0.1) is 0 Å². The van der Waals surface area contributed by atoms with Crippen molar-refractivity contribution in [1.29, 1.82) is 0 Å². The van der Waals surface area contributed by atoms with Gasteiger partial charge in [-0.25, -0.2) is 9.79 Å². The molecule has 33 heavy (non-hydrogen) atoms. The number of benzene rings is 1. The Morgan fingerprint density at radius 1 is 1.30 bits per heavy atom. The van der Waals surface area contributed by atoms with Crippen molar-refractivity contribution < 1.29 is 23.8 Å². The molecule has 2 N–H and O–H groups in total. The lowest BCUT2D eigenvalue weighted by atomic mass is 9.97. The summed E-state index contributed by atoms with van der Waals surface area (Å²) in [5.74, 6) is 2.13. The number of nitrogens with zero attached hydrogens (tertiary/aromatic N) is 1. The smallest absolute Gasteiger partial charge is 0.408 e. The van der Waals surface area contributed by atoms with Gasteiger partial charge < -0.3 is 24.8 Å². The molecule has 1 aliphatic heterocycles. The van der Waals surface area contributed by atoms with Gasteiger partial charge in [0.15, 0.2) is 0 Å². The number of rotatable bonds is 8. The van der Waals surface area contributed by atoms with Gasteiger partial charge in [0.1, 0.15) is 34.7 Å². The maximum atomic E-state index is 12.6. The van der Waals surface area contributed by atoms with E-state index in [4.69, 9.17) is 14.2 Å². The standard InChI is InChI=1S/C25H33N3O5/c1-7-17(27-23(30)33-24(3,4)5)22(29)28-20(26-6)12-11-16(2)32-19-10-8-9-18-21(19)25(13-14-25)15-31-18/h8-12,17H,6-7,13-15H2,1-5H3,(H,27,30)(H,28,29)/b16-11+,20-12+/t17-/m1/s1. The molecule has 8 heteroatoms. The molecule has 1 fully saturated rings. The molecule has 1 atom stereocenters. The number of carbonyl (C=O) groups excluding carboxylic acids is 2. The monoisotopic (exact) mass is 455 g/mol. The Kier molecular flexibility index (Phi) is 7.15. The highest BCUT2D eigenvalue weighted by atomic mass is 16.6. The molecule has 0 saturated heterocycles. The maximum Gasteiger partial charge on any atom is 0.408 e. The van der Waals surface area contributed by atoms with Crippen LogP contribution in [0.1, 0.15) is 59.4 Å². The summed E-state index contributed by atoms with van der Waals surface area (Å²) < 4.78 is 17.1. The summed E-state index contributed by atoms with van der Waals surface area (Å²) in [6.07, 6.45) is 5.26. The average molecular weight is 456 g/mol. The Bertz CT molecular complexity index is 986. The third kappa shape index (κ3) is 6.15. The minimum Gasteiger partial charge on any atom is -0.492 e. The second kappa shape index (κ2) is 9.68. The van der Waals surface area contributed by atoms with Crippen LogP contribution in [0.3, 0.4) is 0 Å². The van der Waals surface area contributed by atoms with Crippen molar-refractivity contribution in [2.45, 2.75) is 70.9 Å². The average Bonchev–Trinajstić information content (AvgIpc) is 3.42. The topological polar surface area (TPSA) is 98.3 Å². The summed E-state index contributed by atoms with van der Waals surface area (Å²) in [5, 5.41) is 5.25. The Labute approximate surface area is 195 Å². The minimum atomic E-state index is -0.770. The van der Waals surface area contributed by atoms with E-state index in [1.807, 2.05) is 25.1 Å². The fourth-order valence-corrected chi connectivity index (χ4v) is 3.63. The molecule has 178 valence electrons. The van der Waals surface area contributed by atoms with Gasteiger partial charge in [0.05, 0.1) is 6.61 Å². The number of aliphatic imine (C=N–C) groups is 1. The third-order valence-electron chi connectivity index (χ3n) is 5.46. The summed E-state index contributed by atoms with van der Waals surface area (Å²) in [6, 6.07) is 5.06. The third-order valence-corrected chi connectivity index (χ3v) is 5.46. The molecule has 0 bridgehead atoms. The van der Waals surface area contributed by atoms with E-state index in [-0.39, 0.29) is 11.2 Å². The van der Waals surface area contributed by atoms with Crippen LogP contribution in [0, 0.1) is 0 Å². The van der Waals surface area contributed by atoms with E-state index in [2.05, 4.69) is 22.3 Å². The van der Waals surface area contributed by atoms with Gasteiger partial charge in [-0.3, -0.25) is 4.79 Å². The highest BCUT2D eigenvalue weighted by Crippen LogP contribution is 2.58. The van der Waals surface area contributed by atoms with E-state index in [1.165, 1.54) is 0 Å². The fourth-order valence-electron chi connectivity index (χ4n) is 3.63. The molecule has 1 saturated carbocycles. The fraction of sp³-hybridized carbons (Fsp3) is 0.480. The quantitative estimate of drug-likeness (QED) is 0.345. The van der Waals surface area contributed by atoms with Crippen LogP contribution in [0.25, 0.3) is 0 Å². The number of hydrogen-bond acceptors (Lipinski definition) is 6. The zero-order chi connectivity index (χ0) is 24.2. The van der Waals surface area contributed by atoms with Crippen LogP contribution >= 0.6 is 0 Å². The first-order valence-corrected chi connectivity index (χ1v) is 11.2. The zero-order valence-electron chi connectivity index (χ0n) is 20.0. The molecule has 0 unspecified atom stereocenters. The van der Waals surface area contributed by atoms with Crippen LogP contribution in [0.15, 0.2) is 46.9 Å². The molecule has 1 aromatic rings. The van der Waals surface area contributed by atoms with E-state index >= 15 is 0 Å². The molecule has 1 aliphatic carbocycles. The molecule has 1 aromatic carbocycles. The second-order valence-electron chi connectivity index (χ2n) is 9.38. The molecule has 2 aliphatic rings. The summed E-state index contributed by atoms with van der Waals surface area (Å²) in [5.41, 5.74) is 0.579. The lowest BCUT2D eigenvalue weighted by Crippen LogP contribution is -2.47. The zero-order valence-corrected chi connectivity index (χ0v) is 20.0.